The molecular formula is C19H22ClFN2O. The zero-order valence-corrected chi connectivity index (χ0v) is 15.2. The molecule has 0 spiro atoms. The first-order valence-corrected chi connectivity index (χ1v) is 8.26. The highest BCUT2D eigenvalue weighted by Gasteiger charge is 2.08. The number of aliphatic imine (C=N–C) groups is 1. The summed E-state index contributed by atoms with van der Waals surface area (Å²) in [5.41, 5.74) is 2.80. The lowest BCUT2D eigenvalue weighted by atomic mass is 10.1. The number of ether oxygens (including phenoxy) is 1. The molecule has 3 nitrogen and oxygen atoms in total. The van der Waals surface area contributed by atoms with Crippen molar-refractivity contribution in [3.63, 3.8) is 0 Å². The average molecular weight is 349 g/mol. The van der Waals surface area contributed by atoms with Crippen molar-refractivity contribution in [2.24, 2.45) is 4.99 Å². The van der Waals surface area contributed by atoms with Gasteiger partial charge in [0.2, 0.25) is 0 Å². The van der Waals surface area contributed by atoms with Crippen LogP contribution < -0.4 is 4.74 Å². The minimum Gasteiger partial charge on any atom is -0.457 e. The number of halogens is 2. The van der Waals surface area contributed by atoms with Crippen LogP contribution in [0.15, 0.2) is 35.3 Å². The maximum absolute atomic E-state index is 13.4. The molecule has 0 aromatic heterocycles. The zero-order valence-electron chi connectivity index (χ0n) is 14.4. The Morgan fingerprint density at radius 1 is 1.17 bits per heavy atom. The quantitative estimate of drug-likeness (QED) is 0.480. The highest BCUT2D eigenvalue weighted by molar-refractivity contribution is 6.30. The Hall–Kier alpha value is -2.07. The number of hydrogen-bond donors (Lipinski definition) is 0. The van der Waals surface area contributed by atoms with E-state index in [2.05, 4.69) is 11.9 Å². The molecule has 2 aromatic rings. The van der Waals surface area contributed by atoms with Crippen molar-refractivity contribution in [3.05, 3.63) is 52.3 Å². The van der Waals surface area contributed by atoms with Gasteiger partial charge in [0, 0.05) is 24.7 Å². The van der Waals surface area contributed by atoms with Crippen molar-refractivity contribution in [2.45, 2.75) is 27.2 Å². The smallest absolute Gasteiger partial charge is 0.131 e. The molecule has 0 saturated heterocycles. The van der Waals surface area contributed by atoms with Gasteiger partial charge in [0.1, 0.15) is 17.3 Å². The van der Waals surface area contributed by atoms with Gasteiger partial charge in [0.05, 0.1) is 12.0 Å². The summed E-state index contributed by atoms with van der Waals surface area (Å²) in [6, 6.07) is 8.01. The zero-order chi connectivity index (χ0) is 17.7. The van der Waals surface area contributed by atoms with Gasteiger partial charge in [0.25, 0.3) is 0 Å². The molecule has 0 heterocycles. The van der Waals surface area contributed by atoms with E-state index in [9.17, 15) is 4.39 Å². The minimum atomic E-state index is -0.424. The molecule has 0 amide bonds. The summed E-state index contributed by atoms with van der Waals surface area (Å²) in [4.78, 5) is 6.58. The van der Waals surface area contributed by atoms with Crippen molar-refractivity contribution in [3.8, 4) is 11.5 Å². The molecule has 0 bridgehead atoms. The lowest BCUT2D eigenvalue weighted by Gasteiger charge is -2.13. The fourth-order valence-corrected chi connectivity index (χ4v) is 2.52. The Balaban J connectivity index is 2.23. The molecule has 0 unspecified atom stereocenters. The first kappa shape index (κ1) is 18.3. The Morgan fingerprint density at radius 3 is 2.58 bits per heavy atom. The Labute approximate surface area is 147 Å². The van der Waals surface area contributed by atoms with Crippen molar-refractivity contribution in [2.75, 3.05) is 13.6 Å². The van der Waals surface area contributed by atoms with E-state index in [1.54, 1.807) is 6.07 Å². The third-order valence-corrected chi connectivity index (χ3v) is 3.75. The third-order valence-electron chi connectivity index (χ3n) is 3.53. The Kier molecular flexibility index (Phi) is 6.21. The van der Waals surface area contributed by atoms with E-state index in [-0.39, 0.29) is 0 Å². The van der Waals surface area contributed by atoms with E-state index >= 15 is 0 Å². The third kappa shape index (κ3) is 4.96. The molecule has 0 atom stereocenters. The van der Waals surface area contributed by atoms with Gasteiger partial charge in [-0.25, -0.2) is 9.38 Å². The van der Waals surface area contributed by atoms with Gasteiger partial charge in [-0.05, 0) is 55.7 Å². The highest BCUT2D eigenvalue weighted by Crippen LogP contribution is 2.32. The van der Waals surface area contributed by atoms with Gasteiger partial charge in [0.15, 0.2) is 0 Å². The van der Waals surface area contributed by atoms with Crippen LogP contribution in [0.5, 0.6) is 11.5 Å². The van der Waals surface area contributed by atoms with E-state index in [0.717, 1.165) is 29.8 Å². The maximum Gasteiger partial charge on any atom is 0.131 e. The summed E-state index contributed by atoms with van der Waals surface area (Å²) in [7, 11) is 2.00. The number of nitrogens with zero attached hydrogens (tertiary/aromatic N) is 2. The predicted molar refractivity (Wildman–Crippen MR) is 98.5 cm³/mol. The molecule has 5 heteroatoms. The van der Waals surface area contributed by atoms with Crippen molar-refractivity contribution in [1.29, 1.82) is 0 Å². The number of hydrogen-bond acceptors (Lipinski definition) is 2. The van der Waals surface area contributed by atoms with Gasteiger partial charge in [-0.15, -0.1) is 0 Å². The molecule has 0 aliphatic carbocycles. The highest BCUT2D eigenvalue weighted by atomic mass is 35.5. The Morgan fingerprint density at radius 2 is 1.92 bits per heavy atom. The summed E-state index contributed by atoms with van der Waals surface area (Å²) < 4.78 is 19.2. The number of aryl methyl sites for hydroxylation is 2. The van der Waals surface area contributed by atoms with Gasteiger partial charge in [-0.3, -0.25) is 0 Å². The van der Waals surface area contributed by atoms with Crippen LogP contribution in [0, 0.1) is 19.7 Å². The van der Waals surface area contributed by atoms with Crippen LogP contribution in [0.1, 0.15) is 24.5 Å². The fourth-order valence-electron chi connectivity index (χ4n) is 2.31. The SMILES string of the molecule is CCCN(C)/C=N/c1cc(C)c(Oc2cc(F)cc(Cl)c2)cc1C. The van der Waals surface area contributed by atoms with Crippen LogP contribution in [-0.2, 0) is 0 Å². The van der Waals surface area contributed by atoms with E-state index < -0.39 is 5.82 Å². The summed E-state index contributed by atoms with van der Waals surface area (Å²) in [5, 5.41) is 0.305. The normalized spacial score (nSPS) is 11.1. The molecule has 0 N–H and O–H groups in total. The van der Waals surface area contributed by atoms with Gasteiger partial charge in [-0.1, -0.05) is 18.5 Å². The lowest BCUT2D eigenvalue weighted by molar-refractivity contribution is 0.473. The van der Waals surface area contributed by atoms with Crippen molar-refractivity contribution in [1.82, 2.24) is 4.90 Å². The maximum atomic E-state index is 13.4. The van der Waals surface area contributed by atoms with E-state index in [4.69, 9.17) is 16.3 Å². The molecule has 0 radical (unpaired) electrons. The van der Waals surface area contributed by atoms with Crippen LogP contribution in [0.25, 0.3) is 0 Å². The van der Waals surface area contributed by atoms with Gasteiger partial charge < -0.3 is 9.64 Å². The standard InChI is InChI=1S/C19H22ClFN2O/c1-5-6-23(4)12-22-18-7-14(3)19(8-13(18)2)24-17-10-15(20)9-16(21)11-17/h7-12H,5-6H2,1-4H3/b22-12+. The summed E-state index contributed by atoms with van der Waals surface area (Å²) in [6.07, 6.45) is 2.90. The number of benzene rings is 2. The fraction of sp³-hybridized carbons (Fsp3) is 0.316. The predicted octanol–water partition coefficient (Wildman–Crippen LogP) is 5.89. The van der Waals surface area contributed by atoms with Gasteiger partial charge in [-0.2, -0.15) is 0 Å². The van der Waals surface area contributed by atoms with Crippen LogP contribution >= 0.6 is 11.6 Å². The molecular weight excluding hydrogens is 327 g/mol. The van der Waals surface area contributed by atoms with Crippen LogP contribution in [0.4, 0.5) is 10.1 Å². The molecule has 0 saturated carbocycles. The molecule has 2 rings (SSSR count). The molecule has 2 aromatic carbocycles. The molecule has 0 aliphatic heterocycles. The molecule has 0 aliphatic rings. The van der Waals surface area contributed by atoms with Crippen LogP contribution in [-0.4, -0.2) is 24.8 Å². The molecule has 0 fully saturated rings. The van der Waals surface area contributed by atoms with Crippen LogP contribution in [0.2, 0.25) is 5.02 Å². The van der Waals surface area contributed by atoms with Crippen molar-refractivity contribution < 1.29 is 9.13 Å². The second-order valence-electron chi connectivity index (χ2n) is 5.84. The summed E-state index contributed by atoms with van der Waals surface area (Å²) in [5.74, 6) is 0.614. The topological polar surface area (TPSA) is 24.8 Å². The lowest BCUT2D eigenvalue weighted by Crippen LogP contribution is -2.16. The first-order valence-electron chi connectivity index (χ1n) is 7.88. The van der Waals surface area contributed by atoms with E-state index in [0.29, 0.717) is 16.5 Å². The first-order chi connectivity index (χ1) is 11.4. The Bertz CT molecular complexity index is 726. The summed E-state index contributed by atoms with van der Waals surface area (Å²) >= 11 is 5.87. The van der Waals surface area contributed by atoms with E-state index in [1.165, 1.54) is 12.1 Å². The number of rotatable bonds is 6. The largest absolute Gasteiger partial charge is 0.457 e. The second kappa shape index (κ2) is 8.15. The summed E-state index contributed by atoms with van der Waals surface area (Å²) in [6.45, 7) is 7.00. The van der Waals surface area contributed by atoms with Crippen molar-refractivity contribution >= 4 is 23.6 Å². The molecule has 128 valence electrons. The monoisotopic (exact) mass is 348 g/mol. The minimum absolute atomic E-state index is 0.305. The second-order valence-corrected chi connectivity index (χ2v) is 6.27. The average Bonchev–Trinajstić information content (AvgIpc) is 2.48. The van der Waals surface area contributed by atoms with Crippen LogP contribution in [0.3, 0.4) is 0 Å². The van der Waals surface area contributed by atoms with E-state index in [1.807, 2.05) is 44.3 Å². The van der Waals surface area contributed by atoms with Gasteiger partial charge >= 0.3 is 0 Å². The molecule has 24 heavy (non-hydrogen) atoms.